The fourth-order valence-corrected chi connectivity index (χ4v) is 8.00. The van der Waals surface area contributed by atoms with E-state index in [0.29, 0.717) is 57.9 Å². The molecule has 6 bridgehead atoms. The third kappa shape index (κ3) is 6.56. The van der Waals surface area contributed by atoms with Gasteiger partial charge in [-0.05, 0) is 116 Å². The van der Waals surface area contributed by atoms with E-state index in [-0.39, 0.29) is 17.8 Å². The molecule has 10 nitrogen and oxygen atoms in total. The molecule has 0 spiro atoms. The number of esters is 1. The van der Waals surface area contributed by atoms with Crippen LogP contribution >= 0.6 is 0 Å². The molecule has 4 aliphatic heterocycles. The van der Waals surface area contributed by atoms with Gasteiger partial charge in [-0.1, -0.05) is 30.3 Å². The van der Waals surface area contributed by atoms with Crippen LogP contribution in [0.25, 0.3) is 0 Å². The Hall–Kier alpha value is -5.71. The van der Waals surface area contributed by atoms with Crippen molar-refractivity contribution in [3.8, 4) is 46.0 Å². The number of carbonyl (C=O) groups excluding carboxylic acids is 1. The molecule has 0 fully saturated rings. The zero-order valence-electron chi connectivity index (χ0n) is 31.3. The molecule has 10 heteroatoms. The molecule has 0 saturated heterocycles. The number of likely N-dealkylation sites (N-methyl/N-ethyl adjacent to an activating group) is 2. The molecule has 0 amide bonds. The number of rotatable bonds is 5. The SMILES string of the molecule is COc1cc(N)c2cc1Oc1ccc(cc1)C[C@H]1c3cc(c(OC)cc3CCN1C)Oc1c(OC(=O)c3ccccc3)c(OC)cc3c1[C@H](C2)N(C)CC3. The molecule has 2 atom stereocenters. The van der Waals surface area contributed by atoms with Gasteiger partial charge in [0.25, 0.3) is 0 Å². The molecule has 5 aromatic rings. The number of anilines is 1. The van der Waals surface area contributed by atoms with Crippen molar-refractivity contribution < 1.29 is 33.2 Å². The number of hydrogen-bond donors (Lipinski definition) is 1. The molecular weight excluding hydrogens is 682 g/mol. The topological polar surface area (TPSA) is 105 Å². The van der Waals surface area contributed by atoms with Gasteiger partial charge in [-0.15, -0.1) is 0 Å². The van der Waals surface area contributed by atoms with E-state index >= 15 is 0 Å². The van der Waals surface area contributed by atoms with Gasteiger partial charge in [-0.3, -0.25) is 9.80 Å². The summed E-state index contributed by atoms with van der Waals surface area (Å²) in [6.45, 7) is 1.67. The molecule has 54 heavy (non-hydrogen) atoms. The van der Waals surface area contributed by atoms with Crippen LogP contribution in [0, 0.1) is 0 Å². The van der Waals surface area contributed by atoms with E-state index in [4.69, 9.17) is 34.2 Å². The van der Waals surface area contributed by atoms with Crippen molar-refractivity contribution in [2.45, 2.75) is 37.8 Å². The van der Waals surface area contributed by atoms with Crippen molar-refractivity contribution in [3.05, 3.63) is 124 Å². The smallest absolute Gasteiger partial charge is 0.343 e. The Morgan fingerprint density at radius 1 is 0.704 bits per heavy atom. The van der Waals surface area contributed by atoms with Crippen LogP contribution in [0.3, 0.4) is 0 Å². The highest BCUT2D eigenvalue weighted by molar-refractivity contribution is 5.92. The Kier molecular flexibility index (Phi) is 9.56. The van der Waals surface area contributed by atoms with Gasteiger partial charge in [-0.2, -0.15) is 0 Å². The minimum absolute atomic E-state index is 0.0703. The Balaban J connectivity index is 1.38. The van der Waals surface area contributed by atoms with E-state index in [1.54, 1.807) is 45.6 Å². The van der Waals surface area contributed by atoms with E-state index in [1.807, 2.05) is 36.4 Å². The quantitative estimate of drug-likeness (QED) is 0.109. The lowest BCUT2D eigenvalue weighted by Crippen LogP contribution is -2.34. The predicted molar refractivity (Wildman–Crippen MR) is 207 cm³/mol. The molecule has 0 unspecified atom stereocenters. The largest absolute Gasteiger partial charge is 0.493 e. The van der Waals surface area contributed by atoms with Crippen molar-refractivity contribution in [2.75, 3.05) is 54.2 Å². The third-order valence-electron chi connectivity index (χ3n) is 11.0. The number of benzene rings is 5. The van der Waals surface area contributed by atoms with Crippen molar-refractivity contribution in [2.24, 2.45) is 0 Å². The molecule has 4 heterocycles. The van der Waals surface area contributed by atoms with Crippen LogP contribution in [0.2, 0.25) is 0 Å². The molecule has 278 valence electrons. The molecule has 0 aliphatic carbocycles. The van der Waals surface area contributed by atoms with Crippen LogP contribution in [0.15, 0.2) is 84.9 Å². The van der Waals surface area contributed by atoms with E-state index in [2.05, 4.69) is 48.2 Å². The zero-order chi connectivity index (χ0) is 37.5. The molecule has 9 rings (SSSR count). The van der Waals surface area contributed by atoms with Crippen LogP contribution in [-0.2, 0) is 25.7 Å². The average Bonchev–Trinajstić information content (AvgIpc) is 3.19. The third-order valence-corrected chi connectivity index (χ3v) is 11.0. The average molecular weight is 728 g/mol. The number of nitrogens with zero attached hydrogens (tertiary/aromatic N) is 2. The van der Waals surface area contributed by atoms with Gasteiger partial charge in [-0.25, -0.2) is 4.79 Å². The fraction of sp³-hybridized carbons (Fsp3) is 0.295. The van der Waals surface area contributed by atoms with Gasteiger partial charge in [0.05, 0.1) is 26.9 Å². The van der Waals surface area contributed by atoms with Crippen molar-refractivity contribution >= 4 is 11.7 Å². The first-order chi connectivity index (χ1) is 26.2. The zero-order valence-corrected chi connectivity index (χ0v) is 31.3. The monoisotopic (exact) mass is 727 g/mol. The number of hydrogen-bond acceptors (Lipinski definition) is 10. The Morgan fingerprint density at radius 2 is 1.35 bits per heavy atom. The number of fused-ring (bicyclic) bond motifs is 2. The predicted octanol–water partition coefficient (Wildman–Crippen LogP) is 7.96. The maximum Gasteiger partial charge on any atom is 0.343 e. The number of methoxy groups -OCH3 is 3. The molecule has 0 radical (unpaired) electrons. The number of carbonyl (C=O) groups is 1. The molecular formula is C44H45N3O7. The second-order valence-corrected chi connectivity index (χ2v) is 14.2. The summed E-state index contributed by atoms with van der Waals surface area (Å²) in [6, 6.07) is 26.9. The summed E-state index contributed by atoms with van der Waals surface area (Å²) in [4.78, 5) is 18.5. The molecule has 0 saturated carbocycles. The molecule has 0 aromatic heterocycles. The summed E-state index contributed by atoms with van der Waals surface area (Å²) >= 11 is 0. The van der Waals surface area contributed by atoms with E-state index in [1.165, 1.54) is 11.1 Å². The second kappa shape index (κ2) is 14.6. The first-order valence-electron chi connectivity index (χ1n) is 18.3. The van der Waals surface area contributed by atoms with Gasteiger partial charge in [0.15, 0.2) is 34.5 Å². The maximum absolute atomic E-state index is 13.8. The summed E-state index contributed by atoms with van der Waals surface area (Å²) in [5, 5.41) is 0. The minimum Gasteiger partial charge on any atom is -0.493 e. The van der Waals surface area contributed by atoms with Crippen LogP contribution < -0.4 is 34.2 Å². The summed E-state index contributed by atoms with van der Waals surface area (Å²) in [5.41, 5.74) is 14.0. The molecule has 4 aliphatic rings. The lowest BCUT2D eigenvalue weighted by Gasteiger charge is -2.37. The van der Waals surface area contributed by atoms with Crippen LogP contribution in [0.5, 0.6) is 46.0 Å². The Bertz CT molecular complexity index is 2210. The fourth-order valence-electron chi connectivity index (χ4n) is 8.00. The van der Waals surface area contributed by atoms with Gasteiger partial charge in [0.1, 0.15) is 5.75 Å². The Labute approximate surface area is 315 Å². The summed E-state index contributed by atoms with van der Waals surface area (Å²) in [5.74, 6) is 3.37. The summed E-state index contributed by atoms with van der Waals surface area (Å²) < 4.78 is 37.6. The maximum atomic E-state index is 13.8. The standard InChI is InChI=1S/C44H45N3O7/c1-46-17-15-28-21-36(49-3)39-24-32(28)34(46)19-26-11-13-31(14-12-26)52-38-23-30(33(45)25-37(38)50-4)20-35-41-29(16-18-47(35)2)22-40(51-5)42(43(41)53-39)54-44(48)27-9-7-6-8-10-27/h6-14,21-25,34-35H,15-20,45H2,1-5H3/t34-,35-/m0/s1. The summed E-state index contributed by atoms with van der Waals surface area (Å²) in [7, 11) is 9.09. The highest BCUT2D eigenvalue weighted by Crippen LogP contribution is 2.52. The van der Waals surface area contributed by atoms with Gasteiger partial charge >= 0.3 is 5.97 Å². The van der Waals surface area contributed by atoms with E-state index < -0.39 is 5.97 Å². The molecule has 2 N–H and O–H groups in total. The first kappa shape index (κ1) is 35.3. The highest BCUT2D eigenvalue weighted by atomic mass is 16.6. The van der Waals surface area contributed by atoms with Crippen LogP contribution in [-0.4, -0.2) is 64.3 Å². The highest BCUT2D eigenvalue weighted by Gasteiger charge is 2.36. The number of ether oxygens (including phenoxy) is 6. The number of nitrogens with two attached hydrogens (primary N) is 1. The number of nitrogen functional groups attached to an aromatic ring is 1. The van der Waals surface area contributed by atoms with E-state index in [9.17, 15) is 4.79 Å². The van der Waals surface area contributed by atoms with Gasteiger partial charge < -0.3 is 34.2 Å². The normalized spacial score (nSPS) is 17.9. The lowest BCUT2D eigenvalue weighted by atomic mass is 9.87. The van der Waals surface area contributed by atoms with Crippen molar-refractivity contribution in [1.82, 2.24) is 9.80 Å². The Morgan fingerprint density at radius 3 is 2.07 bits per heavy atom. The first-order valence-corrected chi connectivity index (χ1v) is 18.3. The van der Waals surface area contributed by atoms with Gasteiger partial charge in [0.2, 0.25) is 5.75 Å². The van der Waals surface area contributed by atoms with E-state index in [0.717, 1.165) is 54.6 Å². The van der Waals surface area contributed by atoms with Crippen molar-refractivity contribution in [1.29, 1.82) is 0 Å². The van der Waals surface area contributed by atoms with Gasteiger partial charge in [0, 0.05) is 42.5 Å². The van der Waals surface area contributed by atoms with Crippen molar-refractivity contribution in [3.63, 3.8) is 0 Å². The second-order valence-electron chi connectivity index (χ2n) is 14.2. The van der Waals surface area contributed by atoms with Crippen LogP contribution in [0.1, 0.15) is 55.8 Å². The lowest BCUT2D eigenvalue weighted by molar-refractivity contribution is 0.0724. The van der Waals surface area contributed by atoms with Crippen LogP contribution in [0.4, 0.5) is 5.69 Å². The molecule has 5 aromatic carbocycles. The summed E-state index contributed by atoms with van der Waals surface area (Å²) in [6.07, 6.45) is 2.86. The minimum atomic E-state index is -0.528.